The van der Waals surface area contributed by atoms with E-state index in [0.29, 0.717) is 0 Å². The molecule has 0 aliphatic carbocycles. The molecule has 0 saturated heterocycles. The summed E-state index contributed by atoms with van der Waals surface area (Å²) in [7, 11) is 2.75. The van der Waals surface area contributed by atoms with E-state index in [1.165, 1.54) is 5.56 Å². The Morgan fingerprint density at radius 3 is 2.54 bits per heavy atom. The summed E-state index contributed by atoms with van der Waals surface area (Å²) in [5.41, 5.74) is 2.15. The van der Waals surface area contributed by atoms with Crippen molar-refractivity contribution in [2.45, 2.75) is 19.8 Å². The molecule has 2 nitrogen and oxygen atoms in total. The van der Waals surface area contributed by atoms with E-state index >= 15 is 0 Å². The second-order valence-electron chi connectivity index (χ2n) is 3.10. The summed E-state index contributed by atoms with van der Waals surface area (Å²) in [5.74, 6) is 0.829. The summed E-state index contributed by atoms with van der Waals surface area (Å²) >= 11 is 0. The maximum atomic E-state index is 8.99. The molecule has 70 valence electrons. The van der Waals surface area contributed by atoms with Crippen molar-refractivity contribution in [1.82, 2.24) is 0 Å². The predicted molar refractivity (Wildman–Crippen MR) is 55.6 cm³/mol. The van der Waals surface area contributed by atoms with Gasteiger partial charge in [0.2, 0.25) is 0 Å². The highest BCUT2D eigenvalue weighted by Crippen LogP contribution is 2.17. The monoisotopic (exact) mass is 178 g/mol. The van der Waals surface area contributed by atoms with Crippen LogP contribution < -0.4 is 4.74 Å². The molecule has 1 aromatic carbocycles. The van der Waals surface area contributed by atoms with Crippen LogP contribution in [0.3, 0.4) is 0 Å². The highest BCUT2D eigenvalue weighted by Gasteiger charge is 1.99. The van der Waals surface area contributed by atoms with Crippen LogP contribution >= 0.6 is 0 Å². The molecule has 0 aromatic heterocycles. The van der Waals surface area contributed by atoms with Crippen LogP contribution in [0.2, 0.25) is 6.82 Å². The third-order valence-electron chi connectivity index (χ3n) is 1.98. The summed E-state index contributed by atoms with van der Waals surface area (Å²) in [5, 5.41) is 8.99. The highest BCUT2D eigenvalue weighted by molar-refractivity contribution is 6.32. The molecule has 1 N–H and O–H groups in total. The molecule has 0 heterocycles. The quantitative estimate of drug-likeness (QED) is 0.701. The summed E-state index contributed by atoms with van der Waals surface area (Å²) in [6.45, 7) is 2.21. The smallest absolute Gasteiger partial charge is 0.122 e. The van der Waals surface area contributed by atoms with Crippen molar-refractivity contribution in [2.24, 2.45) is 0 Å². The summed E-state index contributed by atoms with van der Waals surface area (Å²) < 4.78 is 5.13. The molecule has 0 amide bonds. The van der Waals surface area contributed by atoms with Crippen molar-refractivity contribution in [1.29, 1.82) is 0 Å². The van der Waals surface area contributed by atoms with Crippen molar-refractivity contribution in [3.8, 4) is 5.75 Å². The van der Waals surface area contributed by atoms with E-state index in [9.17, 15) is 0 Å². The van der Waals surface area contributed by atoms with E-state index in [-0.39, 0.29) is 6.61 Å². The Hall–Kier alpha value is -0.955. The molecule has 1 rings (SSSR count). The van der Waals surface area contributed by atoms with Gasteiger partial charge in [0, 0.05) is 0 Å². The largest absolute Gasteiger partial charge is 0.497 e. The molecule has 0 fully saturated rings. The Bertz CT molecular complexity index is 251. The fraction of sp³-hybridized carbons (Fsp3) is 0.400. The van der Waals surface area contributed by atoms with Gasteiger partial charge in [0.15, 0.2) is 0 Å². The first kappa shape index (κ1) is 10.1. The van der Waals surface area contributed by atoms with Gasteiger partial charge in [-0.05, 0) is 17.7 Å². The first-order chi connectivity index (χ1) is 6.30. The Labute approximate surface area is 79.8 Å². The van der Waals surface area contributed by atoms with Gasteiger partial charge in [-0.2, -0.15) is 0 Å². The van der Waals surface area contributed by atoms with Gasteiger partial charge in [-0.15, -0.1) is 0 Å². The normalized spacial score (nSPS) is 9.77. The van der Waals surface area contributed by atoms with E-state index in [1.807, 2.05) is 18.2 Å². The summed E-state index contributed by atoms with van der Waals surface area (Å²) in [4.78, 5) is 0. The van der Waals surface area contributed by atoms with Crippen molar-refractivity contribution >= 4 is 7.28 Å². The van der Waals surface area contributed by atoms with E-state index < -0.39 is 0 Å². The van der Waals surface area contributed by atoms with Gasteiger partial charge in [0.1, 0.15) is 13.0 Å². The molecule has 0 radical (unpaired) electrons. The van der Waals surface area contributed by atoms with Gasteiger partial charge >= 0.3 is 0 Å². The van der Waals surface area contributed by atoms with E-state index in [1.54, 1.807) is 7.11 Å². The Kier molecular flexibility index (Phi) is 3.84. The maximum absolute atomic E-state index is 8.99. The molecule has 3 heteroatoms. The second kappa shape index (κ2) is 4.92. The lowest BCUT2D eigenvalue weighted by atomic mass is 9.75. The van der Waals surface area contributed by atoms with Crippen LogP contribution in [0.4, 0.5) is 0 Å². The summed E-state index contributed by atoms with van der Waals surface area (Å²) in [6.07, 6.45) is 1.03. The first-order valence-electron chi connectivity index (χ1n) is 4.57. The number of methoxy groups -OCH3 is 1. The number of hydrogen-bond acceptors (Lipinski definition) is 2. The minimum absolute atomic E-state index is 0.0773. The van der Waals surface area contributed by atoms with E-state index in [2.05, 4.69) is 6.82 Å². The standard InChI is InChI=1S/C10H15BO2/c1-11-6-8-3-9(7-12)5-10(4-8)13-2/h3-5,11-12H,6-7H2,1-2H3. The molecule has 13 heavy (non-hydrogen) atoms. The van der Waals surface area contributed by atoms with Crippen LogP contribution in [-0.2, 0) is 12.9 Å². The van der Waals surface area contributed by atoms with Crippen molar-refractivity contribution < 1.29 is 9.84 Å². The molecule has 0 atom stereocenters. The van der Waals surface area contributed by atoms with Crippen LogP contribution in [0.1, 0.15) is 11.1 Å². The number of ether oxygens (including phenoxy) is 1. The van der Waals surface area contributed by atoms with Gasteiger partial charge < -0.3 is 9.84 Å². The number of aliphatic hydroxyl groups is 1. The Morgan fingerprint density at radius 2 is 2.00 bits per heavy atom. The van der Waals surface area contributed by atoms with Crippen LogP contribution in [-0.4, -0.2) is 19.5 Å². The molecule has 0 bridgehead atoms. The molecule has 0 aliphatic heterocycles. The number of hydrogen-bond donors (Lipinski definition) is 1. The van der Waals surface area contributed by atoms with Crippen molar-refractivity contribution in [2.75, 3.05) is 7.11 Å². The number of benzene rings is 1. The van der Waals surface area contributed by atoms with Gasteiger partial charge in [0.05, 0.1) is 13.7 Å². The topological polar surface area (TPSA) is 29.5 Å². The van der Waals surface area contributed by atoms with E-state index in [0.717, 1.165) is 24.9 Å². The molecule has 0 unspecified atom stereocenters. The maximum Gasteiger partial charge on any atom is 0.122 e. The Morgan fingerprint density at radius 1 is 1.31 bits per heavy atom. The van der Waals surface area contributed by atoms with Gasteiger partial charge in [-0.3, -0.25) is 0 Å². The molecular weight excluding hydrogens is 163 g/mol. The van der Waals surface area contributed by atoms with Gasteiger partial charge in [-0.25, -0.2) is 0 Å². The molecule has 0 aliphatic rings. The lowest BCUT2D eigenvalue weighted by Crippen LogP contribution is -1.95. The predicted octanol–water partition coefficient (Wildman–Crippen LogP) is 1.17. The fourth-order valence-electron chi connectivity index (χ4n) is 1.37. The highest BCUT2D eigenvalue weighted by atomic mass is 16.5. The average Bonchev–Trinajstić information content (AvgIpc) is 2.17. The lowest BCUT2D eigenvalue weighted by molar-refractivity contribution is 0.281. The zero-order valence-corrected chi connectivity index (χ0v) is 8.21. The third kappa shape index (κ3) is 2.78. The zero-order valence-electron chi connectivity index (χ0n) is 8.21. The van der Waals surface area contributed by atoms with Crippen LogP contribution in [0.15, 0.2) is 18.2 Å². The molecule has 0 saturated carbocycles. The van der Waals surface area contributed by atoms with Crippen LogP contribution in [0, 0.1) is 0 Å². The third-order valence-corrected chi connectivity index (χ3v) is 1.98. The number of aliphatic hydroxyl groups excluding tert-OH is 1. The summed E-state index contributed by atoms with van der Waals surface area (Å²) in [6, 6.07) is 5.90. The van der Waals surface area contributed by atoms with E-state index in [4.69, 9.17) is 9.84 Å². The minimum atomic E-state index is 0.0773. The minimum Gasteiger partial charge on any atom is -0.497 e. The van der Waals surface area contributed by atoms with Crippen LogP contribution in [0.5, 0.6) is 5.75 Å². The Balaban J connectivity index is 2.93. The SMILES string of the molecule is CBCc1cc(CO)cc(OC)c1. The van der Waals surface area contributed by atoms with Crippen molar-refractivity contribution in [3.63, 3.8) is 0 Å². The average molecular weight is 178 g/mol. The van der Waals surface area contributed by atoms with Gasteiger partial charge in [0.25, 0.3) is 0 Å². The van der Waals surface area contributed by atoms with Crippen LogP contribution in [0.25, 0.3) is 0 Å². The van der Waals surface area contributed by atoms with Gasteiger partial charge in [-0.1, -0.05) is 24.8 Å². The second-order valence-corrected chi connectivity index (χ2v) is 3.10. The number of rotatable bonds is 4. The lowest BCUT2D eigenvalue weighted by Gasteiger charge is -2.06. The molecular formula is C10H15BO2. The molecule has 0 spiro atoms. The zero-order chi connectivity index (χ0) is 9.68. The molecule has 1 aromatic rings. The van der Waals surface area contributed by atoms with Crippen molar-refractivity contribution in [3.05, 3.63) is 29.3 Å². The fourth-order valence-corrected chi connectivity index (χ4v) is 1.37. The first-order valence-corrected chi connectivity index (χ1v) is 4.57.